The number of hydrogen-bond donors (Lipinski definition) is 2. The molecular weight excluding hydrogens is 652 g/mol. The van der Waals surface area contributed by atoms with Crippen molar-refractivity contribution in [3.8, 4) is 34.3 Å². The zero-order valence-corrected chi connectivity index (χ0v) is 29.4. The van der Waals surface area contributed by atoms with Crippen molar-refractivity contribution >= 4 is 40.1 Å². The van der Waals surface area contributed by atoms with Crippen LogP contribution < -0.4 is 25.0 Å². The molecule has 0 aromatic heterocycles. The van der Waals surface area contributed by atoms with Crippen molar-refractivity contribution in [1.29, 1.82) is 0 Å². The highest BCUT2D eigenvalue weighted by Gasteiger charge is 2.25. The molecule has 0 bridgehead atoms. The second kappa shape index (κ2) is 13.9. The Kier molecular flexibility index (Phi) is 9.06. The van der Waals surface area contributed by atoms with Gasteiger partial charge in [-0.3, -0.25) is 9.59 Å². The van der Waals surface area contributed by atoms with Gasteiger partial charge in [-0.2, -0.15) is 0 Å². The van der Waals surface area contributed by atoms with Crippen LogP contribution in [0.15, 0.2) is 108 Å². The normalized spacial score (nSPS) is 11.8. The highest BCUT2D eigenvalue weighted by Crippen LogP contribution is 2.42. The third-order valence-electron chi connectivity index (χ3n) is 9.30. The van der Waals surface area contributed by atoms with E-state index in [-0.39, 0.29) is 30.0 Å². The van der Waals surface area contributed by atoms with E-state index < -0.39 is 11.9 Å². The van der Waals surface area contributed by atoms with Gasteiger partial charge in [0.2, 0.25) is 11.3 Å². The molecule has 4 aromatic rings. The van der Waals surface area contributed by atoms with E-state index in [0.29, 0.717) is 34.7 Å². The Bertz CT molecular complexity index is 2520. The van der Waals surface area contributed by atoms with Crippen molar-refractivity contribution in [2.45, 2.75) is 13.0 Å². The van der Waals surface area contributed by atoms with Crippen LogP contribution >= 0.6 is 0 Å². The summed E-state index contributed by atoms with van der Waals surface area (Å²) in [5.41, 5.74) is 6.85. The van der Waals surface area contributed by atoms with Gasteiger partial charge < -0.3 is 24.6 Å². The standard InChI is InChI=1S/C43H36N4O5/c1-45(2)31-16-19-34-38(24-31)52-39-25-32(46(3)4)17-20-35(39)41(34)33-18-15-29(23-36(33)43(50)51)42(49)44-22-21-40(48)47-26-30-11-6-5-9-27(30)13-14-28-10-7-8-12-37(28)47/h5-12,15-20,23-25H,21-22,26H2,1-4H3,(H-,44,49,50,51)/p+1. The van der Waals surface area contributed by atoms with E-state index in [1.54, 1.807) is 17.0 Å². The van der Waals surface area contributed by atoms with Gasteiger partial charge in [0.1, 0.15) is 25.4 Å². The minimum absolute atomic E-state index is 0.0251. The first-order valence-electron chi connectivity index (χ1n) is 16.9. The van der Waals surface area contributed by atoms with Crippen molar-refractivity contribution in [1.82, 2.24) is 9.89 Å². The molecule has 9 nitrogen and oxygen atoms in total. The summed E-state index contributed by atoms with van der Waals surface area (Å²) in [6, 6.07) is 31.6. The zero-order chi connectivity index (χ0) is 36.5. The van der Waals surface area contributed by atoms with Crippen LogP contribution in [0.1, 0.15) is 43.8 Å². The number of carboxylic acids is 1. The van der Waals surface area contributed by atoms with Crippen molar-refractivity contribution in [3.05, 3.63) is 136 Å². The molecule has 1 aliphatic carbocycles. The molecule has 52 heavy (non-hydrogen) atoms. The number of carbonyl (C=O) groups excluding carboxylic acids is 2. The van der Waals surface area contributed by atoms with Crippen LogP contribution in [0.2, 0.25) is 0 Å². The summed E-state index contributed by atoms with van der Waals surface area (Å²) in [4.78, 5) is 43.6. The molecule has 2 aliphatic heterocycles. The fraction of sp³-hybridized carbons (Fsp3) is 0.163. The molecule has 0 saturated heterocycles. The van der Waals surface area contributed by atoms with E-state index in [0.717, 1.165) is 38.7 Å². The number of benzene rings is 5. The maximum atomic E-state index is 13.7. The topological polar surface area (TPSA) is 106 Å². The number of anilines is 2. The number of rotatable bonds is 7. The minimum Gasteiger partial charge on any atom is -0.478 e. The first-order chi connectivity index (χ1) is 25.1. The lowest BCUT2D eigenvalue weighted by Crippen LogP contribution is -2.35. The monoisotopic (exact) mass is 689 g/mol. The molecule has 9 heteroatoms. The predicted octanol–water partition coefficient (Wildman–Crippen LogP) is 6.07. The molecule has 4 aromatic carbocycles. The Morgan fingerprint density at radius 2 is 1.60 bits per heavy atom. The maximum absolute atomic E-state index is 13.7. The summed E-state index contributed by atoms with van der Waals surface area (Å²) in [7, 11) is 7.77. The Morgan fingerprint density at radius 3 is 2.37 bits per heavy atom. The predicted molar refractivity (Wildman–Crippen MR) is 204 cm³/mol. The van der Waals surface area contributed by atoms with Crippen molar-refractivity contribution < 1.29 is 23.9 Å². The second-order valence-electron chi connectivity index (χ2n) is 13.1. The molecular formula is C43H37N4O5+. The largest absolute Gasteiger partial charge is 0.478 e. The molecule has 0 saturated carbocycles. The van der Waals surface area contributed by atoms with Gasteiger partial charge in [0.05, 0.1) is 23.9 Å². The van der Waals surface area contributed by atoms with Crippen LogP contribution in [-0.4, -0.2) is 57.6 Å². The summed E-state index contributed by atoms with van der Waals surface area (Å²) in [5.74, 6) is 5.20. The number of aromatic carboxylic acids is 1. The number of carboxylic acid groups (broad SMARTS) is 1. The van der Waals surface area contributed by atoms with Crippen molar-refractivity contribution in [3.63, 3.8) is 0 Å². The van der Waals surface area contributed by atoms with Crippen LogP contribution in [0.3, 0.4) is 0 Å². The fourth-order valence-electron chi connectivity index (χ4n) is 6.52. The number of para-hydroxylation sites is 1. The number of nitrogens with one attached hydrogen (secondary N) is 1. The van der Waals surface area contributed by atoms with Gasteiger partial charge in [-0.25, -0.2) is 9.37 Å². The Morgan fingerprint density at radius 1 is 0.865 bits per heavy atom. The molecule has 2 N–H and O–H groups in total. The lowest BCUT2D eigenvalue weighted by molar-refractivity contribution is -0.118. The molecule has 0 unspecified atom stereocenters. The average molecular weight is 690 g/mol. The number of nitrogens with zero attached hydrogens (tertiary/aromatic N) is 3. The van der Waals surface area contributed by atoms with Crippen molar-refractivity contribution in [2.24, 2.45) is 0 Å². The van der Waals surface area contributed by atoms with E-state index in [9.17, 15) is 19.5 Å². The number of fused-ring (bicyclic) bond motifs is 4. The molecule has 258 valence electrons. The van der Waals surface area contributed by atoms with Gasteiger partial charge >= 0.3 is 5.97 Å². The number of hydrogen-bond acceptors (Lipinski definition) is 5. The van der Waals surface area contributed by atoms with Gasteiger partial charge in [-0.15, -0.1) is 0 Å². The van der Waals surface area contributed by atoms with Gasteiger partial charge in [0.25, 0.3) is 5.91 Å². The fourth-order valence-corrected chi connectivity index (χ4v) is 6.52. The first-order valence-corrected chi connectivity index (χ1v) is 16.9. The highest BCUT2D eigenvalue weighted by atomic mass is 16.4. The van der Waals surface area contributed by atoms with E-state index >= 15 is 0 Å². The van der Waals surface area contributed by atoms with Crippen LogP contribution in [0, 0.1) is 11.8 Å². The zero-order valence-electron chi connectivity index (χ0n) is 29.4. The third-order valence-corrected chi connectivity index (χ3v) is 9.30. The van der Waals surface area contributed by atoms with Crippen molar-refractivity contribution in [2.75, 3.05) is 44.5 Å². The van der Waals surface area contributed by atoms with E-state index in [1.165, 1.54) is 6.07 Å². The van der Waals surface area contributed by atoms with E-state index in [2.05, 4.69) is 17.2 Å². The Balaban J connectivity index is 1.18. The van der Waals surface area contributed by atoms with Crippen LogP contribution in [0.5, 0.6) is 0 Å². The SMILES string of the molecule is CN(C)c1ccc2c(-c3ccc(C(=O)NCCC(=O)N4Cc5ccccc5C#Cc5ccccc54)cc3C(=O)O)c3ccc(=[N+](C)C)cc-3oc2c1. The van der Waals surface area contributed by atoms with Gasteiger partial charge in [0.15, 0.2) is 0 Å². The smallest absolute Gasteiger partial charge is 0.336 e. The quantitative estimate of drug-likeness (QED) is 0.120. The van der Waals surface area contributed by atoms with E-state index in [1.807, 2.05) is 123 Å². The lowest BCUT2D eigenvalue weighted by Gasteiger charge is -2.26. The first kappa shape index (κ1) is 33.8. The van der Waals surface area contributed by atoms with E-state index in [4.69, 9.17) is 4.42 Å². The highest BCUT2D eigenvalue weighted by molar-refractivity contribution is 6.09. The lowest BCUT2D eigenvalue weighted by atomic mass is 9.89. The van der Waals surface area contributed by atoms with Gasteiger partial charge in [-0.1, -0.05) is 48.2 Å². The summed E-state index contributed by atoms with van der Waals surface area (Å²) < 4.78 is 8.38. The Labute approximate surface area is 301 Å². The third kappa shape index (κ3) is 6.50. The number of amides is 2. The summed E-state index contributed by atoms with van der Waals surface area (Å²) >= 11 is 0. The molecule has 0 fully saturated rings. The average Bonchev–Trinajstić information content (AvgIpc) is 3.13. The summed E-state index contributed by atoms with van der Waals surface area (Å²) in [5, 5.41) is 15.0. The molecule has 0 radical (unpaired) electrons. The van der Waals surface area contributed by atoms with Gasteiger partial charge in [0, 0.05) is 78.1 Å². The molecule has 0 atom stereocenters. The molecule has 3 aliphatic rings. The van der Waals surface area contributed by atoms with Crippen LogP contribution in [-0.2, 0) is 11.3 Å². The minimum atomic E-state index is -1.17. The molecule has 2 heterocycles. The summed E-state index contributed by atoms with van der Waals surface area (Å²) in [6.45, 7) is 0.410. The molecule has 0 spiro atoms. The van der Waals surface area contributed by atoms with Gasteiger partial charge in [-0.05, 0) is 59.7 Å². The summed E-state index contributed by atoms with van der Waals surface area (Å²) in [6.07, 6.45) is 0.0366. The molecule has 2 amide bonds. The van der Waals surface area contributed by atoms with Crippen LogP contribution in [0.25, 0.3) is 33.4 Å². The Hall–Kier alpha value is -6.66. The van der Waals surface area contributed by atoms with Crippen LogP contribution in [0.4, 0.5) is 11.4 Å². The maximum Gasteiger partial charge on any atom is 0.336 e. The number of carbonyl (C=O) groups is 3. The molecule has 7 rings (SSSR count). The second-order valence-corrected chi connectivity index (χ2v) is 13.1.